The normalized spacial score (nSPS) is 20.1. The van der Waals surface area contributed by atoms with Gasteiger partial charge in [-0.15, -0.1) is 0 Å². The van der Waals surface area contributed by atoms with Crippen molar-refractivity contribution < 1.29 is 23.1 Å². The highest BCUT2D eigenvalue weighted by atomic mass is 19.4. The van der Waals surface area contributed by atoms with E-state index in [1.54, 1.807) is 0 Å². The van der Waals surface area contributed by atoms with E-state index in [0.29, 0.717) is 19.5 Å². The zero-order valence-corrected chi connectivity index (χ0v) is 17.0. The standard InChI is InChI=1S/C25H24F3NO2/c26-25(27,28)21-10-8-19(9-11-21)23-14-17(15-24(30)31)12-13-29(23)16-20-6-3-5-18-4-1-2-7-22(18)20/h1-11,17,23H,12-16H2,(H,30,31)/t17-,23+/m0/s1. The van der Waals surface area contributed by atoms with Gasteiger partial charge in [0.15, 0.2) is 0 Å². The van der Waals surface area contributed by atoms with E-state index < -0.39 is 17.7 Å². The Morgan fingerprint density at radius 1 is 1.00 bits per heavy atom. The molecule has 1 saturated heterocycles. The summed E-state index contributed by atoms with van der Waals surface area (Å²) >= 11 is 0. The van der Waals surface area contributed by atoms with Gasteiger partial charge in [-0.25, -0.2) is 0 Å². The molecule has 1 N–H and O–H groups in total. The number of benzene rings is 3. The van der Waals surface area contributed by atoms with Crippen LogP contribution in [0.5, 0.6) is 0 Å². The first-order chi connectivity index (χ1) is 14.8. The zero-order valence-electron chi connectivity index (χ0n) is 17.0. The number of hydrogen-bond acceptors (Lipinski definition) is 2. The Bertz CT molecular complexity index is 1060. The van der Waals surface area contributed by atoms with E-state index in [-0.39, 0.29) is 18.4 Å². The van der Waals surface area contributed by atoms with Gasteiger partial charge in [0, 0.05) is 19.0 Å². The van der Waals surface area contributed by atoms with Crippen LogP contribution in [-0.2, 0) is 17.5 Å². The molecule has 6 heteroatoms. The van der Waals surface area contributed by atoms with E-state index >= 15 is 0 Å². The Labute approximate surface area is 179 Å². The molecule has 3 aromatic carbocycles. The summed E-state index contributed by atoms with van der Waals surface area (Å²) in [7, 11) is 0. The van der Waals surface area contributed by atoms with Crippen molar-refractivity contribution in [3.05, 3.63) is 83.4 Å². The summed E-state index contributed by atoms with van der Waals surface area (Å²) in [6.07, 6.45) is -2.92. The van der Waals surface area contributed by atoms with Gasteiger partial charge in [-0.05, 0) is 59.3 Å². The summed E-state index contributed by atoms with van der Waals surface area (Å²) in [6, 6.07) is 19.5. The number of alkyl halides is 3. The topological polar surface area (TPSA) is 40.5 Å². The highest BCUT2D eigenvalue weighted by molar-refractivity contribution is 5.85. The number of rotatable bonds is 5. The third-order valence-electron chi connectivity index (χ3n) is 6.16. The van der Waals surface area contributed by atoms with Crippen LogP contribution in [-0.4, -0.2) is 22.5 Å². The first-order valence-corrected chi connectivity index (χ1v) is 10.4. The molecule has 1 aliphatic heterocycles. The molecule has 0 aliphatic carbocycles. The monoisotopic (exact) mass is 427 g/mol. The Morgan fingerprint density at radius 3 is 2.42 bits per heavy atom. The fraction of sp³-hybridized carbons (Fsp3) is 0.320. The van der Waals surface area contributed by atoms with Crippen molar-refractivity contribution in [2.24, 2.45) is 5.92 Å². The van der Waals surface area contributed by atoms with Gasteiger partial charge in [0.25, 0.3) is 0 Å². The largest absolute Gasteiger partial charge is 0.481 e. The molecular formula is C25H24F3NO2. The molecule has 0 aromatic heterocycles. The number of halogens is 3. The molecule has 0 radical (unpaired) electrons. The van der Waals surface area contributed by atoms with Crippen LogP contribution in [0, 0.1) is 5.92 Å². The molecule has 31 heavy (non-hydrogen) atoms. The fourth-order valence-corrected chi connectivity index (χ4v) is 4.60. The van der Waals surface area contributed by atoms with Gasteiger partial charge in [-0.2, -0.15) is 13.2 Å². The number of hydrogen-bond donors (Lipinski definition) is 1. The van der Waals surface area contributed by atoms with Crippen molar-refractivity contribution in [2.75, 3.05) is 6.54 Å². The van der Waals surface area contributed by atoms with Crippen LogP contribution >= 0.6 is 0 Å². The average molecular weight is 427 g/mol. The number of aliphatic carboxylic acids is 1. The van der Waals surface area contributed by atoms with E-state index in [0.717, 1.165) is 40.5 Å². The first-order valence-electron chi connectivity index (χ1n) is 10.4. The van der Waals surface area contributed by atoms with E-state index in [1.807, 2.05) is 18.2 Å². The minimum absolute atomic E-state index is 0.00793. The maximum Gasteiger partial charge on any atom is 0.416 e. The highest BCUT2D eigenvalue weighted by Gasteiger charge is 2.33. The van der Waals surface area contributed by atoms with E-state index in [4.69, 9.17) is 0 Å². The van der Waals surface area contributed by atoms with Crippen molar-refractivity contribution in [1.29, 1.82) is 0 Å². The summed E-state index contributed by atoms with van der Waals surface area (Å²) in [6.45, 7) is 1.36. The van der Waals surface area contributed by atoms with Crippen LogP contribution in [0.2, 0.25) is 0 Å². The van der Waals surface area contributed by atoms with Gasteiger partial charge < -0.3 is 5.11 Å². The number of carbonyl (C=O) groups is 1. The summed E-state index contributed by atoms with van der Waals surface area (Å²) in [5, 5.41) is 11.5. The van der Waals surface area contributed by atoms with Gasteiger partial charge >= 0.3 is 12.1 Å². The molecule has 0 amide bonds. The van der Waals surface area contributed by atoms with Crippen LogP contribution in [0.25, 0.3) is 10.8 Å². The lowest BCUT2D eigenvalue weighted by Crippen LogP contribution is -2.37. The summed E-state index contributed by atoms with van der Waals surface area (Å²) in [4.78, 5) is 13.5. The number of likely N-dealkylation sites (tertiary alicyclic amines) is 1. The minimum atomic E-state index is -4.38. The van der Waals surface area contributed by atoms with Crippen LogP contribution in [0.3, 0.4) is 0 Å². The first kappa shape index (κ1) is 21.4. The van der Waals surface area contributed by atoms with Crippen molar-refractivity contribution in [3.63, 3.8) is 0 Å². The van der Waals surface area contributed by atoms with Gasteiger partial charge in [0.05, 0.1) is 5.56 Å². The lowest BCUT2D eigenvalue weighted by molar-refractivity contribution is -0.139. The Kier molecular flexibility index (Phi) is 6.01. The second-order valence-corrected chi connectivity index (χ2v) is 8.23. The molecule has 162 valence electrons. The number of nitrogens with zero attached hydrogens (tertiary/aromatic N) is 1. The third kappa shape index (κ3) is 4.90. The Hall–Kier alpha value is -2.86. The predicted octanol–water partition coefficient (Wildman–Crippen LogP) is 6.29. The molecule has 0 saturated carbocycles. The van der Waals surface area contributed by atoms with Crippen molar-refractivity contribution in [1.82, 2.24) is 4.90 Å². The maximum atomic E-state index is 13.0. The van der Waals surface area contributed by atoms with Crippen LogP contribution in [0.15, 0.2) is 66.7 Å². The smallest absolute Gasteiger partial charge is 0.416 e. The quantitative estimate of drug-likeness (QED) is 0.520. The number of fused-ring (bicyclic) bond motifs is 1. The molecule has 0 bridgehead atoms. The molecule has 0 unspecified atom stereocenters. The molecule has 2 atom stereocenters. The lowest BCUT2D eigenvalue weighted by Gasteiger charge is -2.40. The van der Waals surface area contributed by atoms with Crippen molar-refractivity contribution in [2.45, 2.75) is 38.0 Å². The summed E-state index contributed by atoms with van der Waals surface area (Å²) in [5.41, 5.74) is 1.28. The molecule has 4 rings (SSSR count). The van der Waals surface area contributed by atoms with Gasteiger partial charge in [-0.3, -0.25) is 9.69 Å². The molecule has 3 aromatic rings. The molecule has 1 aliphatic rings. The van der Waals surface area contributed by atoms with Gasteiger partial charge in [0.2, 0.25) is 0 Å². The predicted molar refractivity (Wildman–Crippen MR) is 114 cm³/mol. The second-order valence-electron chi connectivity index (χ2n) is 8.23. The lowest BCUT2D eigenvalue weighted by atomic mass is 9.84. The maximum absolute atomic E-state index is 13.0. The van der Waals surface area contributed by atoms with E-state index in [1.165, 1.54) is 12.1 Å². The molecular weight excluding hydrogens is 403 g/mol. The molecule has 1 heterocycles. The fourth-order valence-electron chi connectivity index (χ4n) is 4.60. The summed E-state index contributed by atoms with van der Waals surface area (Å²) < 4.78 is 39.0. The van der Waals surface area contributed by atoms with Crippen LogP contribution in [0.1, 0.15) is 42.0 Å². The van der Waals surface area contributed by atoms with Crippen LogP contribution < -0.4 is 0 Å². The highest BCUT2D eigenvalue weighted by Crippen LogP contribution is 2.38. The van der Waals surface area contributed by atoms with Crippen LogP contribution in [0.4, 0.5) is 13.2 Å². The van der Waals surface area contributed by atoms with Gasteiger partial charge in [0.1, 0.15) is 0 Å². The average Bonchev–Trinajstić information content (AvgIpc) is 2.74. The van der Waals surface area contributed by atoms with Crippen molar-refractivity contribution >= 4 is 16.7 Å². The second kappa shape index (κ2) is 8.71. The minimum Gasteiger partial charge on any atom is -0.481 e. The van der Waals surface area contributed by atoms with E-state index in [9.17, 15) is 23.1 Å². The number of carboxylic acids is 1. The summed E-state index contributed by atoms with van der Waals surface area (Å²) in [5.74, 6) is -0.827. The SMILES string of the molecule is O=C(O)C[C@H]1CCN(Cc2cccc3ccccc23)[C@@H](c2ccc(C(F)(F)F)cc2)C1. The van der Waals surface area contributed by atoms with Gasteiger partial charge in [-0.1, -0.05) is 54.6 Å². The molecule has 0 spiro atoms. The molecule has 3 nitrogen and oxygen atoms in total. The third-order valence-corrected chi connectivity index (χ3v) is 6.16. The Morgan fingerprint density at radius 2 is 1.71 bits per heavy atom. The van der Waals surface area contributed by atoms with E-state index in [2.05, 4.69) is 29.2 Å². The Balaban J connectivity index is 1.64. The van der Waals surface area contributed by atoms with Crippen molar-refractivity contribution in [3.8, 4) is 0 Å². The number of carboxylic acid groups (broad SMARTS) is 1. The number of piperidine rings is 1. The zero-order chi connectivity index (χ0) is 22.0. The molecule has 1 fully saturated rings.